The topological polar surface area (TPSA) is 60.9 Å². The second-order valence-corrected chi connectivity index (χ2v) is 13.9. The SMILES string of the molecule is CCCc1cccc(C2(C)CCCC(C)(C)CSCCc3c(c(F)cc4[nH]ccc34)Oc3ccc(F)c(c3)C(=N)/C=C\N2)c1. The molecule has 0 spiro atoms. The maximum Gasteiger partial charge on any atom is 0.168 e. The molecule has 1 aromatic heterocycles. The average molecular weight is 616 g/mol. The summed E-state index contributed by atoms with van der Waals surface area (Å²) < 4.78 is 36.6. The minimum Gasteiger partial charge on any atom is -0.454 e. The fourth-order valence-electron chi connectivity index (χ4n) is 6.05. The van der Waals surface area contributed by atoms with Crippen molar-refractivity contribution in [3.8, 4) is 11.5 Å². The van der Waals surface area contributed by atoms with Crippen molar-refractivity contribution in [2.45, 2.75) is 71.8 Å². The molecule has 3 N–H and O–H groups in total. The molecule has 0 saturated carbocycles. The molecular weight excluding hydrogens is 572 g/mol. The Hall–Kier alpha value is -3.58. The smallest absolute Gasteiger partial charge is 0.168 e. The van der Waals surface area contributed by atoms with Gasteiger partial charge in [-0.15, -0.1) is 0 Å². The molecule has 0 aliphatic carbocycles. The fraction of sp³-hybridized carbons (Fsp3) is 0.378. The van der Waals surface area contributed by atoms with Gasteiger partial charge in [-0.05, 0) is 97.2 Å². The molecule has 0 saturated heterocycles. The van der Waals surface area contributed by atoms with Crippen molar-refractivity contribution >= 4 is 28.4 Å². The summed E-state index contributed by atoms with van der Waals surface area (Å²) in [5, 5.41) is 13.2. The summed E-state index contributed by atoms with van der Waals surface area (Å²) in [7, 11) is 0. The molecule has 4 aromatic rings. The van der Waals surface area contributed by atoms with E-state index in [-0.39, 0.29) is 33.7 Å². The second-order valence-electron chi connectivity index (χ2n) is 12.8. The summed E-state index contributed by atoms with van der Waals surface area (Å²) in [6.07, 6.45) is 10.9. The number of H-pyrrole nitrogens is 1. The Morgan fingerprint density at radius 3 is 2.66 bits per heavy atom. The van der Waals surface area contributed by atoms with E-state index in [2.05, 4.69) is 62.3 Å². The Labute approximate surface area is 264 Å². The van der Waals surface area contributed by atoms with Crippen LogP contribution in [0.5, 0.6) is 11.5 Å². The van der Waals surface area contributed by atoms with Gasteiger partial charge in [0.15, 0.2) is 11.6 Å². The number of aryl methyl sites for hydroxylation is 2. The molecule has 5 rings (SSSR count). The van der Waals surface area contributed by atoms with Crippen molar-refractivity contribution in [2.75, 3.05) is 11.5 Å². The first-order valence-electron chi connectivity index (χ1n) is 15.5. The number of fused-ring (bicyclic) bond motifs is 5. The highest BCUT2D eigenvalue weighted by atomic mass is 32.2. The van der Waals surface area contributed by atoms with Crippen LogP contribution in [0.1, 0.15) is 75.6 Å². The number of ether oxygens (including phenoxy) is 1. The lowest BCUT2D eigenvalue weighted by Crippen LogP contribution is -2.36. The summed E-state index contributed by atoms with van der Waals surface area (Å²) in [6, 6.07) is 16.4. The lowest BCUT2D eigenvalue weighted by atomic mass is 9.82. The molecule has 1 unspecified atom stereocenters. The van der Waals surface area contributed by atoms with E-state index in [0.717, 1.165) is 60.1 Å². The maximum absolute atomic E-state index is 15.4. The number of halogens is 2. The van der Waals surface area contributed by atoms with Crippen LogP contribution in [0.15, 0.2) is 73.1 Å². The molecule has 1 aliphatic rings. The number of benzene rings is 3. The van der Waals surface area contributed by atoms with Crippen LogP contribution in [0.4, 0.5) is 8.78 Å². The van der Waals surface area contributed by atoms with Crippen molar-refractivity contribution in [3.63, 3.8) is 0 Å². The zero-order valence-electron chi connectivity index (χ0n) is 26.2. The number of rotatable bonds is 3. The summed E-state index contributed by atoms with van der Waals surface area (Å²) in [4.78, 5) is 3.12. The minimum absolute atomic E-state index is 0.000217. The summed E-state index contributed by atoms with van der Waals surface area (Å²) in [5.41, 5.74) is 3.87. The standard InChI is InChI=1S/C37H43F2N3OS/c1-5-8-25-9-6-10-26(21-25)37(4)17-7-16-36(2,3)24-44-20-15-29-28-13-18-41-34(28)23-32(39)35(29)43-27-11-12-31(38)30(22-27)33(40)14-19-42-37/h6,9-14,18-19,21-23,40-42H,5,7-8,15-17,20,24H2,1-4H3/b19-14-,40-33?. The molecule has 1 atom stereocenters. The zero-order chi connectivity index (χ0) is 31.3. The lowest BCUT2D eigenvalue weighted by Gasteiger charge is -2.33. The third-order valence-electron chi connectivity index (χ3n) is 8.59. The Morgan fingerprint density at radius 1 is 1.00 bits per heavy atom. The van der Waals surface area contributed by atoms with Gasteiger partial charge < -0.3 is 20.4 Å². The van der Waals surface area contributed by atoms with Gasteiger partial charge in [-0.25, -0.2) is 8.78 Å². The van der Waals surface area contributed by atoms with Crippen LogP contribution < -0.4 is 10.1 Å². The monoisotopic (exact) mass is 615 g/mol. The van der Waals surface area contributed by atoms with Crippen LogP contribution in [0.2, 0.25) is 0 Å². The first-order chi connectivity index (χ1) is 21.1. The molecule has 4 nitrogen and oxygen atoms in total. The number of hydrogen-bond acceptors (Lipinski definition) is 4. The third-order valence-corrected chi connectivity index (χ3v) is 10.1. The number of nitrogens with one attached hydrogen (secondary N) is 3. The van der Waals surface area contributed by atoms with E-state index in [9.17, 15) is 0 Å². The third kappa shape index (κ3) is 7.37. The van der Waals surface area contributed by atoms with Crippen LogP contribution >= 0.6 is 11.8 Å². The van der Waals surface area contributed by atoms with Gasteiger partial charge in [0.1, 0.15) is 11.6 Å². The molecule has 232 valence electrons. The van der Waals surface area contributed by atoms with E-state index in [1.165, 1.54) is 35.4 Å². The van der Waals surface area contributed by atoms with Gasteiger partial charge in [0.2, 0.25) is 0 Å². The summed E-state index contributed by atoms with van der Waals surface area (Å²) >= 11 is 1.88. The van der Waals surface area contributed by atoms with Crippen molar-refractivity contribution in [1.29, 1.82) is 5.41 Å². The zero-order valence-corrected chi connectivity index (χ0v) is 27.0. The van der Waals surface area contributed by atoms with Gasteiger partial charge in [-0.2, -0.15) is 11.8 Å². The van der Waals surface area contributed by atoms with Crippen LogP contribution in [0.3, 0.4) is 0 Å². The second kappa shape index (κ2) is 13.6. The van der Waals surface area contributed by atoms with Gasteiger partial charge in [0, 0.05) is 34.3 Å². The molecule has 3 aromatic carbocycles. The van der Waals surface area contributed by atoms with Gasteiger partial charge in [0.05, 0.1) is 11.3 Å². The number of aromatic nitrogens is 1. The number of aromatic amines is 1. The molecule has 44 heavy (non-hydrogen) atoms. The first kappa shape index (κ1) is 31.8. The molecular formula is C37H43F2N3OS. The van der Waals surface area contributed by atoms with Crippen molar-refractivity contribution < 1.29 is 13.5 Å². The molecule has 0 amide bonds. The van der Waals surface area contributed by atoms with Gasteiger partial charge in [0.25, 0.3) is 0 Å². The largest absolute Gasteiger partial charge is 0.454 e. The normalized spacial score (nSPS) is 20.5. The Balaban J connectivity index is 1.51. The van der Waals surface area contributed by atoms with E-state index in [1.54, 1.807) is 18.5 Å². The van der Waals surface area contributed by atoms with Crippen LogP contribution in [-0.2, 0) is 18.4 Å². The quantitative estimate of drug-likeness (QED) is 0.215. The molecule has 2 heterocycles. The van der Waals surface area contributed by atoms with Crippen LogP contribution in [0.25, 0.3) is 10.9 Å². The van der Waals surface area contributed by atoms with Gasteiger partial charge >= 0.3 is 0 Å². The van der Waals surface area contributed by atoms with Crippen molar-refractivity contribution in [1.82, 2.24) is 10.3 Å². The minimum atomic E-state index is -0.534. The Bertz CT molecular complexity index is 1660. The summed E-state index contributed by atoms with van der Waals surface area (Å²) in [6.45, 7) is 9.03. The van der Waals surface area contributed by atoms with Crippen molar-refractivity contribution in [3.05, 3.63) is 107 Å². The fourth-order valence-corrected chi connectivity index (χ4v) is 7.24. The molecule has 2 bridgehead atoms. The lowest BCUT2D eigenvalue weighted by molar-refractivity contribution is 0.312. The van der Waals surface area contributed by atoms with Crippen molar-refractivity contribution in [2.24, 2.45) is 5.41 Å². The highest BCUT2D eigenvalue weighted by molar-refractivity contribution is 7.99. The van der Waals surface area contributed by atoms with Gasteiger partial charge in [-0.1, -0.05) is 57.9 Å². The van der Waals surface area contributed by atoms with Crippen LogP contribution in [0, 0.1) is 22.5 Å². The molecule has 0 radical (unpaired) electrons. The molecule has 7 heteroatoms. The Morgan fingerprint density at radius 2 is 1.84 bits per heavy atom. The van der Waals surface area contributed by atoms with E-state index in [0.29, 0.717) is 6.42 Å². The first-order valence-corrected chi connectivity index (χ1v) is 16.7. The van der Waals surface area contributed by atoms with E-state index < -0.39 is 11.6 Å². The van der Waals surface area contributed by atoms with E-state index in [1.807, 2.05) is 17.8 Å². The molecule has 1 aliphatic heterocycles. The summed E-state index contributed by atoms with van der Waals surface area (Å²) in [5.74, 6) is 1.23. The average Bonchev–Trinajstić information content (AvgIpc) is 3.45. The number of hydrogen-bond donors (Lipinski definition) is 3. The number of thioether (sulfide) groups is 1. The predicted molar refractivity (Wildman–Crippen MR) is 180 cm³/mol. The van der Waals surface area contributed by atoms with Gasteiger partial charge in [-0.3, -0.25) is 0 Å². The van der Waals surface area contributed by atoms with E-state index in [4.69, 9.17) is 10.1 Å². The molecule has 0 fully saturated rings. The maximum atomic E-state index is 15.4. The predicted octanol–water partition coefficient (Wildman–Crippen LogP) is 10.1. The highest BCUT2D eigenvalue weighted by Crippen LogP contribution is 2.37. The highest BCUT2D eigenvalue weighted by Gasteiger charge is 2.27. The Kier molecular flexibility index (Phi) is 9.84. The van der Waals surface area contributed by atoms with Crippen LogP contribution in [-0.4, -0.2) is 22.2 Å². The number of allylic oxidation sites excluding steroid dienone is 1. The van der Waals surface area contributed by atoms with E-state index >= 15 is 8.78 Å².